The van der Waals surface area contributed by atoms with Crippen LogP contribution < -0.4 is 4.74 Å². The Morgan fingerprint density at radius 1 is 1.38 bits per heavy atom. The number of alkyl halides is 5. The van der Waals surface area contributed by atoms with Crippen molar-refractivity contribution in [1.82, 2.24) is 4.98 Å². The summed E-state index contributed by atoms with van der Waals surface area (Å²) in [5.74, 6) is -0.657. The van der Waals surface area contributed by atoms with Crippen LogP contribution in [0, 0.1) is 10.5 Å². The van der Waals surface area contributed by atoms with Crippen molar-refractivity contribution < 1.29 is 26.7 Å². The summed E-state index contributed by atoms with van der Waals surface area (Å²) in [5.41, 5.74) is -0.671. The molecule has 90 valence electrons. The van der Waals surface area contributed by atoms with Gasteiger partial charge in [0.1, 0.15) is 11.4 Å². The number of hydrogen-bond donors (Lipinski definition) is 0. The van der Waals surface area contributed by atoms with E-state index in [-0.39, 0.29) is 9.26 Å². The van der Waals surface area contributed by atoms with Gasteiger partial charge in [-0.2, -0.15) is 0 Å². The maximum Gasteiger partial charge on any atom is 0.573 e. The first-order valence-corrected chi connectivity index (χ1v) is 4.99. The van der Waals surface area contributed by atoms with Gasteiger partial charge in [0.15, 0.2) is 0 Å². The molecule has 0 spiro atoms. The van der Waals surface area contributed by atoms with Crippen molar-refractivity contribution in [3.8, 4) is 5.75 Å². The van der Waals surface area contributed by atoms with Crippen molar-refractivity contribution in [3.05, 3.63) is 21.0 Å². The lowest BCUT2D eigenvalue weighted by Gasteiger charge is -2.13. The van der Waals surface area contributed by atoms with Crippen molar-refractivity contribution in [1.29, 1.82) is 0 Å². The Morgan fingerprint density at radius 2 is 1.94 bits per heavy atom. The Hall–Kier alpha value is -0.670. The summed E-state index contributed by atoms with van der Waals surface area (Å²) < 4.78 is 64.0. The number of halogens is 6. The van der Waals surface area contributed by atoms with E-state index in [1.165, 1.54) is 29.5 Å². The second-order valence-corrected chi connectivity index (χ2v) is 3.89. The van der Waals surface area contributed by atoms with E-state index >= 15 is 0 Å². The summed E-state index contributed by atoms with van der Waals surface area (Å²) in [5, 5.41) is 0. The van der Waals surface area contributed by atoms with Crippen molar-refractivity contribution in [3.63, 3.8) is 0 Å². The third kappa shape index (κ3) is 3.42. The third-order valence-corrected chi connectivity index (χ3v) is 2.59. The normalized spacial score (nSPS) is 12.0. The summed E-state index contributed by atoms with van der Waals surface area (Å²) in [6.45, 7) is 1.31. The van der Waals surface area contributed by atoms with Gasteiger partial charge in [0.05, 0.1) is 3.57 Å². The summed E-state index contributed by atoms with van der Waals surface area (Å²) in [4.78, 5) is 3.46. The summed E-state index contributed by atoms with van der Waals surface area (Å²) >= 11 is 1.35. The molecule has 0 bridgehead atoms. The van der Waals surface area contributed by atoms with Crippen LogP contribution in [-0.2, 0) is 0 Å². The standard InChI is InChI=1S/C8H5F5INO/c1-3-2-4(16-8(11,12)13)5(14)6(15-3)7(9)10/h2,7H,1H3. The first-order chi connectivity index (χ1) is 7.20. The van der Waals surface area contributed by atoms with Crippen molar-refractivity contribution in [2.45, 2.75) is 19.7 Å². The van der Waals surface area contributed by atoms with Crippen LogP contribution in [0.1, 0.15) is 17.8 Å². The molecule has 2 nitrogen and oxygen atoms in total. The van der Waals surface area contributed by atoms with Gasteiger partial charge in [-0.25, -0.2) is 8.78 Å². The maximum absolute atomic E-state index is 12.4. The fourth-order valence-corrected chi connectivity index (χ4v) is 1.62. The van der Waals surface area contributed by atoms with Gasteiger partial charge in [-0.1, -0.05) is 0 Å². The highest BCUT2D eigenvalue weighted by atomic mass is 127. The highest BCUT2D eigenvalue weighted by Crippen LogP contribution is 2.33. The number of ether oxygens (including phenoxy) is 1. The molecular weight excluding hydrogens is 348 g/mol. The number of nitrogens with zero attached hydrogens (tertiary/aromatic N) is 1. The fourth-order valence-electron chi connectivity index (χ4n) is 0.994. The predicted octanol–water partition coefficient (Wildman–Crippen LogP) is 3.83. The lowest BCUT2D eigenvalue weighted by Crippen LogP contribution is -2.18. The van der Waals surface area contributed by atoms with Crippen molar-refractivity contribution >= 4 is 22.6 Å². The minimum Gasteiger partial charge on any atom is -0.405 e. The van der Waals surface area contributed by atoms with Gasteiger partial charge >= 0.3 is 6.36 Å². The molecule has 0 saturated carbocycles. The van der Waals surface area contributed by atoms with Gasteiger partial charge in [-0.15, -0.1) is 13.2 Å². The van der Waals surface area contributed by atoms with E-state index in [4.69, 9.17) is 0 Å². The minimum atomic E-state index is -4.91. The second kappa shape index (κ2) is 4.68. The van der Waals surface area contributed by atoms with E-state index in [9.17, 15) is 22.0 Å². The van der Waals surface area contributed by atoms with Crippen LogP contribution in [0.15, 0.2) is 6.07 Å². The summed E-state index contributed by atoms with van der Waals surface area (Å²) in [7, 11) is 0. The predicted molar refractivity (Wildman–Crippen MR) is 53.3 cm³/mol. The lowest BCUT2D eigenvalue weighted by atomic mass is 10.3. The molecule has 0 N–H and O–H groups in total. The minimum absolute atomic E-state index is 0.0370. The number of hydrogen-bond acceptors (Lipinski definition) is 2. The zero-order valence-electron chi connectivity index (χ0n) is 7.78. The highest BCUT2D eigenvalue weighted by Gasteiger charge is 2.33. The summed E-state index contributed by atoms with van der Waals surface area (Å²) in [6.07, 6.45) is -7.85. The molecule has 16 heavy (non-hydrogen) atoms. The van der Waals surface area contributed by atoms with E-state index in [1.807, 2.05) is 0 Å². The largest absolute Gasteiger partial charge is 0.573 e. The molecule has 0 fully saturated rings. The third-order valence-electron chi connectivity index (χ3n) is 1.51. The van der Waals surface area contributed by atoms with Crippen LogP contribution in [0.2, 0.25) is 0 Å². The molecule has 1 aromatic heterocycles. The number of aryl methyl sites for hydroxylation is 1. The molecule has 0 unspecified atom stereocenters. The average Bonchev–Trinajstić information content (AvgIpc) is 2.07. The zero-order valence-corrected chi connectivity index (χ0v) is 9.94. The lowest BCUT2D eigenvalue weighted by molar-refractivity contribution is -0.275. The van der Waals surface area contributed by atoms with E-state index < -0.39 is 24.2 Å². The fraction of sp³-hybridized carbons (Fsp3) is 0.375. The molecule has 1 aromatic rings. The molecule has 0 aromatic carbocycles. The Morgan fingerprint density at radius 3 is 2.38 bits per heavy atom. The second-order valence-electron chi connectivity index (χ2n) is 2.81. The molecule has 0 radical (unpaired) electrons. The van der Waals surface area contributed by atoms with Crippen LogP contribution in [-0.4, -0.2) is 11.3 Å². The van der Waals surface area contributed by atoms with Crippen LogP contribution in [0.5, 0.6) is 5.75 Å². The molecule has 0 aliphatic carbocycles. The number of rotatable bonds is 2. The molecule has 0 saturated heterocycles. The maximum atomic E-state index is 12.4. The van der Waals surface area contributed by atoms with Gasteiger partial charge in [0.2, 0.25) is 0 Å². The molecule has 1 rings (SSSR count). The van der Waals surface area contributed by atoms with Gasteiger partial charge in [-0.3, -0.25) is 4.98 Å². The first kappa shape index (κ1) is 13.4. The molecule has 1 heterocycles. The van der Waals surface area contributed by atoms with Crippen molar-refractivity contribution in [2.75, 3.05) is 0 Å². The molecule has 8 heteroatoms. The van der Waals surface area contributed by atoms with E-state index in [0.29, 0.717) is 0 Å². The topological polar surface area (TPSA) is 22.1 Å². The Labute approximate surface area is 101 Å². The van der Waals surface area contributed by atoms with E-state index in [1.54, 1.807) is 0 Å². The van der Waals surface area contributed by atoms with Gasteiger partial charge in [0, 0.05) is 11.8 Å². The van der Waals surface area contributed by atoms with Crippen LogP contribution in [0.25, 0.3) is 0 Å². The zero-order chi connectivity index (χ0) is 12.5. The molecule has 0 atom stereocenters. The monoisotopic (exact) mass is 353 g/mol. The highest BCUT2D eigenvalue weighted by molar-refractivity contribution is 14.1. The Kier molecular flexibility index (Phi) is 3.92. The number of aromatic nitrogens is 1. The smallest absolute Gasteiger partial charge is 0.405 e. The molecule has 0 aliphatic heterocycles. The quantitative estimate of drug-likeness (QED) is 0.596. The Balaban J connectivity index is 3.19. The van der Waals surface area contributed by atoms with Crippen LogP contribution in [0.4, 0.5) is 22.0 Å². The van der Waals surface area contributed by atoms with Gasteiger partial charge < -0.3 is 4.74 Å². The van der Waals surface area contributed by atoms with E-state index in [2.05, 4.69) is 9.72 Å². The van der Waals surface area contributed by atoms with E-state index in [0.717, 1.165) is 6.07 Å². The molecule has 0 amide bonds. The van der Waals surface area contributed by atoms with Crippen LogP contribution >= 0.6 is 22.6 Å². The van der Waals surface area contributed by atoms with Gasteiger partial charge in [0.25, 0.3) is 6.43 Å². The van der Waals surface area contributed by atoms with Crippen LogP contribution in [0.3, 0.4) is 0 Å². The van der Waals surface area contributed by atoms with Gasteiger partial charge in [-0.05, 0) is 29.5 Å². The Bertz CT molecular complexity index is 393. The molecular formula is C8H5F5INO. The average molecular weight is 353 g/mol. The SMILES string of the molecule is Cc1cc(OC(F)(F)F)c(I)c(C(F)F)n1. The molecule has 0 aliphatic rings. The van der Waals surface area contributed by atoms with Crippen molar-refractivity contribution in [2.24, 2.45) is 0 Å². The first-order valence-electron chi connectivity index (χ1n) is 3.91. The number of pyridine rings is 1. The summed E-state index contributed by atoms with van der Waals surface area (Å²) in [6, 6.07) is 0.959.